The minimum absolute atomic E-state index is 0.200. The molecule has 0 bridgehead atoms. The summed E-state index contributed by atoms with van der Waals surface area (Å²) in [7, 11) is 2.96. The number of benzene rings is 2. The molecule has 1 heterocycles. The number of amides is 2. The molecule has 0 aliphatic rings. The average molecular weight is 401 g/mol. The van der Waals surface area contributed by atoms with Crippen molar-refractivity contribution in [3.63, 3.8) is 0 Å². The SMILES string of the molecule is COc1cc(NC(=O)c2ccc(NC(=O)c3ccco3)cc2)c(OC)cc1Cl. The molecule has 0 saturated heterocycles. The zero-order valence-corrected chi connectivity index (χ0v) is 15.9. The Hall–Kier alpha value is -3.45. The normalized spacial score (nSPS) is 10.2. The third kappa shape index (κ3) is 4.27. The predicted octanol–water partition coefficient (Wildman–Crippen LogP) is 4.45. The molecule has 2 N–H and O–H groups in total. The summed E-state index contributed by atoms with van der Waals surface area (Å²) in [6.45, 7) is 0. The summed E-state index contributed by atoms with van der Waals surface area (Å²) in [5.74, 6) is 0.285. The highest BCUT2D eigenvalue weighted by molar-refractivity contribution is 6.32. The molecule has 0 aliphatic heterocycles. The molecular formula is C20H17ClN2O5. The number of hydrogen-bond donors (Lipinski definition) is 2. The second-order valence-corrected chi connectivity index (χ2v) is 6.06. The van der Waals surface area contributed by atoms with Gasteiger partial charge in [0.25, 0.3) is 11.8 Å². The Morgan fingerprint density at radius 2 is 1.64 bits per heavy atom. The van der Waals surface area contributed by atoms with E-state index in [4.69, 9.17) is 25.5 Å². The molecular weight excluding hydrogens is 384 g/mol. The van der Waals surface area contributed by atoms with Crippen molar-refractivity contribution in [2.75, 3.05) is 24.9 Å². The molecule has 3 aromatic rings. The Bertz CT molecular complexity index is 985. The maximum absolute atomic E-state index is 12.5. The Morgan fingerprint density at radius 3 is 2.25 bits per heavy atom. The van der Waals surface area contributed by atoms with E-state index in [9.17, 15) is 9.59 Å². The van der Waals surface area contributed by atoms with Gasteiger partial charge >= 0.3 is 0 Å². The topological polar surface area (TPSA) is 89.8 Å². The molecule has 8 heteroatoms. The number of nitrogens with one attached hydrogen (secondary N) is 2. The summed E-state index contributed by atoms with van der Waals surface area (Å²) in [6.07, 6.45) is 1.42. The van der Waals surface area contributed by atoms with Crippen LogP contribution in [0.5, 0.6) is 11.5 Å². The Labute approximate surface area is 166 Å². The molecule has 1 aromatic heterocycles. The second-order valence-electron chi connectivity index (χ2n) is 5.65. The van der Waals surface area contributed by atoms with E-state index in [1.54, 1.807) is 48.5 Å². The number of carbonyl (C=O) groups excluding carboxylic acids is 2. The highest BCUT2D eigenvalue weighted by Gasteiger charge is 2.14. The van der Waals surface area contributed by atoms with Crippen LogP contribution >= 0.6 is 11.6 Å². The first-order valence-corrected chi connectivity index (χ1v) is 8.57. The van der Waals surface area contributed by atoms with Gasteiger partial charge in [0.05, 0.1) is 31.2 Å². The molecule has 0 atom stereocenters. The molecule has 144 valence electrons. The lowest BCUT2D eigenvalue weighted by Crippen LogP contribution is -2.14. The standard InChI is InChI=1S/C20H17ClN2O5/c1-26-17-11-15(18(27-2)10-14(17)21)23-19(24)12-5-7-13(8-6-12)22-20(25)16-4-3-9-28-16/h3-11H,1-2H3,(H,22,25)(H,23,24). The van der Waals surface area contributed by atoms with Crippen molar-refractivity contribution in [2.45, 2.75) is 0 Å². The lowest BCUT2D eigenvalue weighted by molar-refractivity contribution is 0.0995. The molecule has 0 aliphatic carbocycles. The van der Waals surface area contributed by atoms with Crippen molar-refractivity contribution in [1.82, 2.24) is 0 Å². The van der Waals surface area contributed by atoms with Gasteiger partial charge in [0.1, 0.15) is 11.5 Å². The van der Waals surface area contributed by atoms with Crippen molar-refractivity contribution in [1.29, 1.82) is 0 Å². The number of halogens is 1. The first-order chi connectivity index (χ1) is 13.5. The van der Waals surface area contributed by atoms with Gasteiger partial charge in [0, 0.05) is 23.4 Å². The maximum Gasteiger partial charge on any atom is 0.291 e. The van der Waals surface area contributed by atoms with E-state index >= 15 is 0 Å². The molecule has 0 spiro atoms. The Balaban J connectivity index is 1.72. The van der Waals surface area contributed by atoms with Crippen LogP contribution in [-0.2, 0) is 0 Å². The van der Waals surface area contributed by atoms with Crippen LogP contribution in [0.1, 0.15) is 20.9 Å². The van der Waals surface area contributed by atoms with Crippen LogP contribution in [0.15, 0.2) is 59.2 Å². The van der Waals surface area contributed by atoms with Gasteiger partial charge < -0.3 is 24.5 Å². The summed E-state index contributed by atoms with van der Waals surface area (Å²) in [5.41, 5.74) is 1.35. The summed E-state index contributed by atoms with van der Waals surface area (Å²) in [5, 5.41) is 5.81. The van der Waals surface area contributed by atoms with E-state index in [0.29, 0.717) is 33.5 Å². The minimum atomic E-state index is -0.375. The smallest absolute Gasteiger partial charge is 0.291 e. The van der Waals surface area contributed by atoms with Gasteiger partial charge in [-0.05, 0) is 36.4 Å². The fourth-order valence-corrected chi connectivity index (χ4v) is 2.69. The van der Waals surface area contributed by atoms with E-state index < -0.39 is 0 Å². The zero-order valence-electron chi connectivity index (χ0n) is 15.1. The molecule has 0 radical (unpaired) electrons. The van der Waals surface area contributed by atoms with Crippen LogP contribution in [0.2, 0.25) is 5.02 Å². The van der Waals surface area contributed by atoms with Crippen molar-refractivity contribution in [3.8, 4) is 11.5 Å². The van der Waals surface area contributed by atoms with E-state index in [0.717, 1.165) is 0 Å². The van der Waals surface area contributed by atoms with Crippen LogP contribution in [0.3, 0.4) is 0 Å². The number of ether oxygens (including phenoxy) is 2. The third-order valence-electron chi connectivity index (χ3n) is 3.87. The number of anilines is 2. The lowest BCUT2D eigenvalue weighted by atomic mass is 10.1. The third-order valence-corrected chi connectivity index (χ3v) is 4.17. The number of rotatable bonds is 6. The first kappa shape index (κ1) is 19.3. The van der Waals surface area contributed by atoms with Crippen LogP contribution in [0.4, 0.5) is 11.4 Å². The summed E-state index contributed by atoms with van der Waals surface area (Å²) < 4.78 is 15.5. The van der Waals surface area contributed by atoms with E-state index in [1.165, 1.54) is 20.5 Å². The predicted molar refractivity (Wildman–Crippen MR) is 106 cm³/mol. The van der Waals surface area contributed by atoms with E-state index in [1.807, 2.05) is 0 Å². The summed E-state index contributed by atoms with van der Waals surface area (Å²) in [6, 6.07) is 12.7. The quantitative estimate of drug-likeness (QED) is 0.637. The summed E-state index contributed by atoms with van der Waals surface area (Å²) in [4.78, 5) is 24.5. The average Bonchev–Trinajstić information content (AvgIpc) is 3.24. The van der Waals surface area contributed by atoms with Crippen molar-refractivity contribution < 1.29 is 23.5 Å². The van der Waals surface area contributed by atoms with Gasteiger partial charge in [-0.25, -0.2) is 0 Å². The lowest BCUT2D eigenvalue weighted by Gasteiger charge is -2.13. The minimum Gasteiger partial charge on any atom is -0.495 e. The molecule has 3 rings (SSSR count). The molecule has 28 heavy (non-hydrogen) atoms. The van der Waals surface area contributed by atoms with Gasteiger partial charge in [0.2, 0.25) is 0 Å². The van der Waals surface area contributed by atoms with Crippen molar-refractivity contribution >= 4 is 34.8 Å². The fraction of sp³-hybridized carbons (Fsp3) is 0.100. The molecule has 2 aromatic carbocycles. The summed E-state index contributed by atoms with van der Waals surface area (Å²) >= 11 is 6.07. The van der Waals surface area contributed by atoms with Gasteiger partial charge in [-0.15, -0.1) is 0 Å². The highest BCUT2D eigenvalue weighted by Crippen LogP contribution is 2.36. The van der Waals surface area contributed by atoms with Gasteiger partial charge in [-0.1, -0.05) is 11.6 Å². The number of carbonyl (C=O) groups is 2. The Kier molecular flexibility index (Phi) is 5.86. The van der Waals surface area contributed by atoms with E-state index in [-0.39, 0.29) is 17.6 Å². The maximum atomic E-state index is 12.5. The van der Waals surface area contributed by atoms with Crippen LogP contribution < -0.4 is 20.1 Å². The van der Waals surface area contributed by atoms with Gasteiger partial charge in [-0.3, -0.25) is 9.59 Å². The number of methoxy groups -OCH3 is 2. The molecule has 0 fully saturated rings. The number of furan rings is 1. The van der Waals surface area contributed by atoms with Crippen LogP contribution in [-0.4, -0.2) is 26.0 Å². The number of hydrogen-bond acceptors (Lipinski definition) is 5. The Morgan fingerprint density at radius 1 is 0.929 bits per heavy atom. The molecule has 2 amide bonds. The molecule has 0 unspecified atom stereocenters. The monoisotopic (exact) mass is 400 g/mol. The second kappa shape index (κ2) is 8.49. The molecule has 0 saturated carbocycles. The largest absolute Gasteiger partial charge is 0.495 e. The zero-order chi connectivity index (χ0) is 20.1. The van der Waals surface area contributed by atoms with Crippen LogP contribution in [0.25, 0.3) is 0 Å². The van der Waals surface area contributed by atoms with Crippen molar-refractivity contribution in [2.24, 2.45) is 0 Å². The highest BCUT2D eigenvalue weighted by atomic mass is 35.5. The fourth-order valence-electron chi connectivity index (χ4n) is 2.46. The van der Waals surface area contributed by atoms with Gasteiger partial charge in [0.15, 0.2) is 5.76 Å². The van der Waals surface area contributed by atoms with Crippen molar-refractivity contribution in [3.05, 3.63) is 71.1 Å². The van der Waals surface area contributed by atoms with Gasteiger partial charge in [-0.2, -0.15) is 0 Å². The van der Waals surface area contributed by atoms with Crippen LogP contribution in [0, 0.1) is 0 Å². The van der Waals surface area contributed by atoms with E-state index in [2.05, 4.69) is 10.6 Å². The molecule has 7 nitrogen and oxygen atoms in total. The first-order valence-electron chi connectivity index (χ1n) is 8.19.